The Morgan fingerprint density at radius 3 is 1.88 bits per heavy atom. The van der Waals surface area contributed by atoms with Gasteiger partial charge in [0, 0.05) is 17.8 Å². The lowest BCUT2D eigenvalue weighted by atomic mass is 9.72. The maximum absolute atomic E-state index is 13.6. The number of hydrogen-bond acceptors (Lipinski definition) is 2. The van der Waals surface area contributed by atoms with Gasteiger partial charge in [0.05, 0.1) is 5.92 Å². The summed E-state index contributed by atoms with van der Waals surface area (Å²) in [7, 11) is 0. The molecule has 2 aromatic rings. The van der Waals surface area contributed by atoms with Gasteiger partial charge in [0.25, 0.3) is 0 Å². The average Bonchev–Trinajstić information content (AvgIpc) is 3.15. The second-order valence-corrected chi connectivity index (χ2v) is 8.24. The SMILES string of the molecule is O=C1C(c2ccccc2)C2C(=O)C3CCCCC3C2C1c1ccccc1. The Morgan fingerprint density at radius 2 is 1.23 bits per heavy atom. The zero-order valence-corrected chi connectivity index (χ0v) is 14.9. The molecule has 3 saturated carbocycles. The molecule has 6 unspecified atom stereocenters. The van der Waals surface area contributed by atoms with Crippen LogP contribution in [0.4, 0.5) is 0 Å². The first-order valence-corrected chi connectivity index (χ1v) is 9.94. The molecule has 0 heterocycles. The van der Waals surface area contributed by atoms with Gasteiger partial charge in [-0.2, -0.15) is 0 Å². The van der Waals surface area contributed by atoms with Crippen LogP contribution >= 0.6 is 0 Å². The van der Waals surface area contributed by atoms with Crippen LogP contribution in [0.3, 0.4) is 0 Å². The second-order valence-electron chi connectivity index (χ2n) is 8.24. The van der Waals surface area contributed by atoms with Gasteiger partial charge >= 0.3 is 0 Å². The molecule has 0 saturated heterocycles. The summed E-state index contributed by atoms with van der Waals surface area (Å²) in [5.74, 6) is 0.896. The van der Waals surface area contributed by atoms with Gasteiger partial charge in [0.2, 0.25) is 0 Å². The van der Waals surface area contributed by atoms with Gasteiger partial charge in [-0.3, -0.25) is 9.59 Å². The van der Waals surface area contributed by atoms with Crippen molar-refractivity contribution in [3.63, 3.8) is 0 Å². The van der Waals surface area contributed by atoms with Crippen LogP contribution < -0.4 is 0 Å². The number of Topliss-reactive ketones (excluding diaryl/α,β-unsaturated/α-hetero) is 2. The first-order chi connectivity index (χ1) is 12.8. The van der Waals surface area contributed by atoms with Crippen LogP contribution in [0, 0.1) is 23.7 Å². The van der Waals surface area contributed by atoms with E-state index in [1.165, 1.54) is 6.42 Å². The normalized spacial score (nSPS) is 36.0. The van der Waals surface area contributed by atoms with Crippen molar-refractivity contribution in [2.75, 3.05) is 0 Å². The number of ketones is 2. The topological polar surface area (TPSA) is 34.1 Å². The van der Waals surface area contributed by atoms with Crippen LogP contribution in [0.5, 0.6) is 0 Å². The molecule has 3 fully saturated rings. The van der Waals surface area contributed by atoms with Crippen molar-refractivity contribution in [3.8, 4) is 0 Å². The predicted octanol–water partition coefficient (Wildman–Crippen LogP) is 4.76. The minimum absolute atomic E-state index is 0.122. The molecule has 2 aromatic carbocycles. The standard InChI is InChI=1S/C24H24O2/c25-23-18-14-8-7-13-17(18)21-19(15-9-3-1-4-10-15)24(26)20(22(21)23)16-11-5-2-6-12-16/h1-6,9-12,17-22H,7-8,13-14H2. The van der Waals surface area contributed by atoms with E-state index in [1.54, 1.807) is 0 Å². The van der Waals surface area contributed by atoms with Crippen molar-refractivity contribution in [1.29, 1.82) is 0 Å². The molecule has 0 aromatic heterocycles. The highest BCUT2D eigenvalue weighted by Gasteiger charge is 2.63. The lowest BCUT2D eigenvalue weighted by molar-refractivity contribution is -0.128. The van der Waals surface area contributed by atoms with E-state index >= 15 is 0 Å². The Kier molecular flexibility index (Phi) is 3.81. The highest BCUT2D eigenvalue weighted by molar-refractivity contribution is 6.03. The quantitative estimate of drug-likeness (QED) is 0.787. The molecular weight excluding hydrogens is 320 g/mol. The summed E-state index contributed by atoms with van der Waals surface area (Å²) in [6, 6.07) is 20.2. The van der Waals surface area contributed by atoms with Crippen LogP contribution in [0.1, 0.15) is 48.6 Å². The van der Waals surface area contributed by atoms with E-state index in [9.17, 15) is 9.59 Å². The summed E-state index contributed by atoms with van der Waals surface area (Å²) in [6.45, 7) is 0. The van der Waals surface area contributed by atoms with Gasteiger partial charge in [-0.05, 0) is 35.8 Å². The molecule has 6 atom stereocenters. The molecule has 2 heteroatoms. The van der Waals surface area contributed by atoms with Crippen molar-refractivity contribution in [1.82, 2.24) is 0 Å². The third-order valence-corrected chi connectivity index (χ3v) is 7.10. The Morgan fingerprint density at radius 1 is 0.654 bits per heavy atom. The number of rotatable bonds is 2. The highest BCUT2D eigenvalue weighted by atomic mass is 16.1. The number of carbonyl (C=O) groups is 2. The first kappa shape index (κ1) is 16.0. The Bertz CT molecular complexity index is 826. The monoisotopic (exact) mass is 344 g/mol. The Labute approximate surface area is 154 Å². The van der Waals surface area contributed by atoms with Crippen LogP contribution in [0.25, 0.3) is 0 Å². The number of carbonyl (C=O) groups excluding carboxylic acids is 2. The van der Waals surface area contributed by atoms with Crippen LogP contribution in [-0.2, 0) is 9.59 Å². The van der Waals surface area contributed by atoms with E-state index in [1.807, 2.05) is 48.5 Å². The maximum Gasteiger partial charge on any atom is 0.148 e. The summed E-state index contributed by atoms with van der Waals surface area (Å²) >= 11 is 0. The van der Waals surface area contributed by atoms with E-state index in [-0.39, 0.29) is 35.4 Å². The predicted molar refractivity (Wildman–Crippen MR) is 101 cm³/mol. The van der Waals surface area contributed by atoms with Gasteiger partial charge in [-0.1, -0.05) is 73.5 Å². The van der Waals surface area contributed by atoms with Crippen LogP contribution in [0.15, 0.2) is 60.7 Å². The third-order valence-electron chi connectivity index (χ3n) is 7.10. The molecule has 0 N–H and O–H groups in total. The molecular formula is C24H24O2. The summed E-state index contributed by atoms with van der Waals surface area (Å²) in [5.41, 5.74) is 2.13. The fraction of sp³-hybridized carbons (Fsp3) is 0.417. The molecule has 2 nitrogen and oxygen atoms in total. The molecule has 0 bridgehead atoms. The van der Waals surface area contributed by atoms with Gasteiger partial charge in [-0.25, -0.2) is 0 Å². The second kappa shape index (κ2) is 6.19. The average molecular weight is 344 g/mol. The molecule has 3 aliphatic rings. The summed E-state index contributed by atoms with van der Waals surface area (Å²) in [6.07, 6.45) is 4.49. The van der Waals surface area contributed by atoms with Crippen LogP contribution in [0.2, 0.25) is 0 Å². The van der Waals surface area contributed by atoms with Gasteiger partial charge in [0.15, 0.2) is 0 Å². The van der Waals surface area contributed by atoms with Gasteiger partial charge in [-0.15, -0.1) is 0 Å². The summed E-state index contributed by atoms with van der Waals surface area (Å²) in [4.78, 5) is 27.0. The lowest BCUT2D eigenvalue weighted by Gasteiger charge is -2.30. The molecule has 0 amide bonds. The molecule has 5 rings (SSSR count). The molecule has 0 radical (unpaired) electrons. The molecule has 132 valence electrons. The zero-order chi connectivity index (χ0) is 17.7. The smallest absolute Gasteiger partial charge is 0.148 e. The van der Waals surface area contributed by atoms with E-state index in [4.69, 9.17) is 0 Å². The van der Waals surface area contributed by atoms with E-state index in [0.717, 1.165) is 30.4 Å². The molecule has 0 spiro atoms. The third kappa shape index (κ3) is 2.24. The maximum atomic E-state index is 13.6. The van der Waals surface area contributed by atoms with Crippen LogP contribution in [-0.4, -0.2) is 11.6 Å². The van der Waals surface area contributed by atoms with E-state index < -0.39 is 0 Å². The number of fused-ring (bicyclic) bond motifs is 3. The minimum atomic E-state index is -0.260. The molecule has 26 heavy (non-hydrogen) atoms. The van der Waals surface area contributed by atoms with Crippen molar-refractivity contribution >= 4 is 11.6 Å². The fourth-order valence-corrected chi connectivity index (χ4v) is 6.16. The van der Waals surface area contributed by atoms with Crippen molar-refractivity contribution in [2.45, 2.75) is 37.5 Å². The Hall–Kier alpha value is -2.22. The molecule has 3 aliphatic carbocycles. The summed E-state index contributed by atoms with van der Waals surface area (Å²) in [5, 5.41) is 0. The highest BCUT2D eigenvalue weighted by Crippen LogP contribution is 2.61. The lowest BCUT2D eigenvalue weighted by Crippen LogP contribution is -2.27. The molecule has 0 aliphatic heterocycles. The summed E-state index contributed by atoms with van der Waals surface area (Å²) < 4.78 is 0. The number of hydrogen-bond donors (Lipinski definition) is 0. The van der Waals surface area contributed by atoms with E-state index in [0.29, 0.717) is 11.7 Å². The zero-order valence-electron chi connectivity index (χ0n) is 14.9. The van der Waals surface area contributed by atoms with Crippen molar-refractivity contribution < 1.29 is 9.59 Å². The first-order valence-electron chi connectivity index (χ1n) is 9.94. The van der Waals surface area contributed by atoms with Crippen molar-refractivity contribution in [2.24, 2.45) is 23.7 Å². The van der Waals surface area contributed by atoms with Gasteiger partial charge in [0.1, 0.15) is 11.6 Å². The van der Waals surface area contributed by atoms with Gasteiger partial charge < -0.3 is 0 Å². The Balaban J connectivity index is 1.65. The number of benzene rings is 2. The van der Waals surface area contributed by atoms with E-state index in [2.05, 4.69) is 12.1 Å². The largest absolute Gasteiger partial charge is 0.299 e. The fourth-order valence-electron chi connectivity index (χ4n) is 6.16. The van der Waals surface area contributed by atoms with Crippen molar-refractivity contribution in [3.05, 3.63) is 71.8 Å². The minimum Gasteiger partial charge on any atom is -0.299 e.